The lowest BCUT2D eigenvalue weighted by molar-refractivity contribution is 0.290. The van der Waals surface area contributed by atoms with Crippen molar-refractivity contribution in [3.63, 3.8) is 0 Å². The molecule has 0 fully saturated rings. The van der Waals surface area contributed by atoms with Crippen molar-refractivity contribution in [2.75, 3.05) is 0 Å². The molecule has 0 bridgehead atoms. The maximum Gasteiger partial charge on any atom is 0.218 e. The number of aryl methyl sites for hydroxylation is 4. The Kier molecular flexibility index (Phi) is 5.38. The fourth-order valence-corrected chi connectivity index (χ4v) is 4.31. The second-order valence-electron chi connectivity index (χ2n) is 8.29. The standard InChI is InChI=1S/C25H27N5O/c1-17-23(15-30(2)29-17)14-27-13-22-10-21-9-19-6-3-7-20(19)11-24(21)28-25(22)31-16-18-5-4-8-26-12-18/h4-5,8-12,15,27H,3,6-7,13-14,16H2,1-2H3. The Morgan fingerprint density at radius 1 is 1.10 bits per heavy atom. The van der Waals surface area contributed by atoms with Gasteiger partial charge in [0.15, 0.2) is 0 Å². The van der Waals surface area contributed by atoms with Crippen molar-refractivity contribution in [2.24, 2.45) is 7.05 Å². The molecule has 0 atom stereocenters. The van der Waals surface area contributed by atoms with E-state index in [0.29, 0.717) is 19.0 Å². The van der Waals surface area contributed by atoms with Crippen molar-refractivity contribution < 1.29 is 4.74 Å². The first-order chi connectivity index (χ1) is 15.2. The van der Waals surface area contributed by atoms with Crippen molar-refractivity contribution in [3.8, 4) is 5.88 Å². The van der Waals surface area contributed by atoms with Crippen LogP contribution in [0.3, 0.4) is 0 Å². The molecule has 6 nitrogen and oxygen atoms in total. The number of ether oxygens (including phenoxy) is 1. The van der Waals surface area contributed by atoms with Crippen molar-refractivity contribution in [2.45, 2.75) is 45.9 Å². The van der Waals surface area contributed by atoms with Gasteiger partial charge in [-0.05, 0) is 61.6 Å². The van der Waals surface area contributed by atoms with Crippen molar-refractivity contribution in [1.29, 1.82) is 0 Å². The van der Waals surface area contributed by atoms with Gasteiger partial charge in [0.2, 0.25) is 5.88 Å². The van der Waals surface area contributed by atoms with E-state index in [2.05, 4.69) is 39.8 Å². The first kappa shape index (κ1) is 19.7. The first-order valence-electron chi connectivity index (χ1n) is 10.8. The molecule has 0 amide bonds. The van der Waals surface area contributed by atoms with Gasteiger partial charge in [-0.25, -0.2) is 4.98 Å². The monoisotopic (exact) mass is 413 g/mol. The van der Waals surface area contributed by atoms with Crippen LogP contribution < -0.4 is 10.1 Å². The summed E-state index contributed by atoms with van der Waals surface area (Å²) in [5.74, 6) is 0.685. The molecule has 3 aromatic heterocycles. The normalized spacial score (nSPS) is 13.0. The molecule has 1 aliphatic rings. The number of hydrogen-bond acceptors (Lipinski definition) is 5. The number of pyridine rings is 2. The molecular weight excluding hydrogens is 386 g/mol. The molecule has 158 valence electrons. The van der Waals surface area contributed by atoms with Crippen LogP contribution in [0, 0.1) is 6.92 Å². The highest BCUT2D eigenvalue weighted by Crippen LogP contribution is 2.30. The molecule has 1 aliphatic carbocycles. The first-order valence-corrected chi connectivity index (χ1v) is 10.8. The quantitative estimate of drug-likeness (QED) is 0.496. The molecule has 0 spiro atoms. The zero-order valence-electron chi connectivity index (χ0n) is 18.1. The predicted molar refractivity (Wildman–Crippen MR) is 121 cm³/mol. The summed E-state index contributed by atoms with van der Waals surface area (Å²) in [6.45, 7) is 3.92. The maximum atomic E-state index is 6.17. The van der Waals surface area contributed by atoms with Gasteiger partial charge in [0, 0.05) is 60.8 Å². The van der Waals surface area contributed by atoms with Crippen LogP contribution in [0.25, 0.3) is 10.9 Å². The van der Waals surface area contributed by atoms with E-state index in [1.54, 1.807) is 6.20 Å². The summed E-state index contributed by atoms with van der Waals surface area (Å²) in [6, 6.07) is 10.7. The largest absolute Gasteiger partial charge is 0.472 e. The number of rotatable bonds is 7. The Hall–Kier alpha value is -3.25. The van der Waals surface area contributed by atoms with E-state index >= 15 is 0 Å². The molecule has 6 heteroatoms. The fourth-order valence-electron chi connectivity index (χ4n) is 4.31. The van der Waals surface area contributed by atoms with E-state index in [1.165, 1.54) is 34.9 Å². The van der Waals surface area contributed by atoms with Gasteiger partial charge in [-0.3, -0.25) is 9.67 Å². The zero-order valence-corrected chi connectivity index (χ0v) is 18.1. The number of benzene rings is 1. The van der Waals surface area contributed by atoms with Crippen LogP contribution in [0.15, 0.2) is 48.9 Å². The van der Waals surface area contributed by atoms with Gasteiger partial charge >= 0.3 is 0 Å². The average Bonchev–Trinajstić information content (AvgIpc) is 3.36. The van der Waals surface area contributed by atoms with Gasteiger partial charge in [0.05, 0.1) is 11.2 Å². The topological polar surface area (TPSA) is 64.9 Å². The lowest BCUT2D eigenvalue weighted by atomic mass is 10.0. The van der Waals surface area contributed by atoms with Gasteiger partial charge in [0.25, 0.3) is 0 Å². The number of aromatic nitrogens is 4. The third-order valence-electron chi connectivity index (χ3n) is 5.91. The van der Waals surface area contributed by atoms with E-state index in [4.69, 9.17) is 9.72 Å². The minimum Gasteiger partial charge on any atom is -0.472 e. The number of fused-ring (bicyclic) bond motifs is 2. The Morgan fingerprint density at radius 3 is 2.71 bits per heavy atom. The van der Waals surface area contributed by atoms with Gasteiger partial charge in [-0.15, -0.1) is 0 Å². The minimum absolute atomic E-state index is 0.450. The third-order valence-corrected chi connectivity index (χ3v) is 5.91. The Balaban J connectivity index is 1.41. The molecular formula is C25H27N5O. The second kappa shape index (κ2) is 8.47. The fraction of sp³-hybridized carbons (Fsp3) is 0.320. The molecule has 5 rings (SSSR count). The van der Waals surface area contributed by atoms with E-state index in [0.717, 1.165) is 35.3 Å². The number of hydrogen-bond donors (Lipinski definition) is 1. The lowest BCUT2D eigenvalue weighted by Crippen LogP contribution is -2.14. The highest BCUT2D eigenvalue weighted by molar-refractivity contribution is 5.82. The van der Waals surface area contributed by atoms with Crippen molar-refractivity contribution >= 4 is 10.9 Å². The van der Waals surface area contributed by atoms with Crippen molar-refractivity contribution in [3.05, 3.63) is 82.4 Å². The van der Waals surface area contributed by atoms with E-state index < -0.39 is 0 Å². The van der Waals surface area contributed by atoms with Gasteiger partial charge in [-0.1, -0.05) is 6.07 Å². The van der Waals surface area contributed by atoms with Gasteiger partial charge < -0.3 is 10.1 Å². The highest BCUT2D eigenvalue weighted by Gasteiger charge is 2.15. The number of nitrogens with zero attached hydrogens (tertiary/aromatic N) is 4. The summed E-state index contributed by atoms with van der Waals surface area (Å²) in [5.41, 5.74) is 8.24. The van der Waals surface area contributed by atoms with E-state index in [1.807, 2.05) is 37.0 Å². The minimum atomic E-state index is 0.450. The molecule has 0 radical (unpaired) electrons. The third kappa shape index (κ3) is 4.30. The lowest BCUT2D eigenvalue weighted by Gasteiger charge is -2.14. The zero-order chi connectivity index (χ0) is 21.2. The number of nitrogens with one attached hydrogen (secondary N) is 1. The summed E-state index contributed by atoms with van der Waals surface area (Å²) in [6.07, 6.45) is 9.20. The van der Waals surface area contributed by atoms with E-state index in [-0.39, 0.29) is 0 Å². The summed E-state index contributed by atoms with van der Waals surface area (Å²) in [5, 5.41) is 9.15. The SMILES string of the molecule is Cc1nn(C)cc1CNCc1cc2cc3c(cc2nc1OCc1cccnc1)CCC3. The maximum absolute atomic E-state index is 6.17. The highest BCUT2D eigenvalue weighted by atomic mass is 16.5. The Morgan fingerprint density at radius 2 is 1.94 bits per heavy atom. The Labute approximate surface area is 182 Å². The van der Waals surface area contributed by atoms with Crippen LogP contribution in [0.1, 0.15) is 39.9 Å². The van der Waals surface area contributed by atoms with E-state index in [9.17, 15) is 0 Å². The van der Waals surface area contributed by atoms with Crippen LogP contribution in [0.5, 0.6) is 5.88 Å². The van der Waals surface area contributed by atoms with Crippen LogP contribution in [-0.4, -0.2) is 19.7 Å². The predicted octanol–water partition coefficient (Wildman–Crippen LogP) is 4.03. The molecule has 31 heavy (non-hydrogen) atoms. The van der Waals surface area contributed by atoms with Crippen LogP contribution in [0.4, 0.5) is 0 Å². The summed E-state index contributed by atoms with van der Waals surface area (Å²) in [4.78, 5) is 9.10. The molecule has 0 saturated carbocycles. The smallest absolute Gasteiger partial charge is 0.218 e. The van der Waals surface area contributed by atoms with Gasteiger partial charge in [-0.2, -0.15) is 5.10 Å². The molecule has 3 heterocycles. The van der Waals surface area contributed by atoms with Gasteiger partial charge in [0.1, 0.15) is 6.61 Å². The molecule has 1 N–H and O–H groups in total. The van der Waals surface area contributed by atoms with Crippen LogP contribution in [-0.2, 0) is 39.6 Å². The van der Waals surface area contributed by atoms with Crippen molar-refractivity contribution in [1.82, 2.24) is 25.1 Å². The summed E-state index contributed by atoms with van der Waals surface area (Å²) < 4.78 is 8.03. The molecule has 4 aromatic rings. The summed E-state index contributed by atoms with van der Waals surface area (Å²) >= 11 is 0. The average molecular weight is 414 g/mol. The molecule has 1 aromatic carbocycles. The Bertz CT molecular complexity index is 1220. The van der Waals surface area contributed by atoms with Crippen LogP contribution in [0.2, 0.25) is 0 Å². The molecule has 0 aliphatic heterocycles. The molecule has 0 unspecified atom stereocenters. The van der Waals surface area contributed by atoms with Crippen LogP contribution >= 0.6 is 0 Å². The summed E-state index contributed by atoms with van der Waals surface area (Å²) in [7, 11) is 1.95. The second-order valence-corrected chi connectivity index (χ2v) is 8.29. The molecule has 0 saturated heterocycles.